The van der Waals surface area contributed by atoms with E-state index in [1.54, 1.807) is 18.2 Å². The number of anilines is 2. The van der Waals surface area contributed by atoms with Crippen molar-refractivity contribution in [3.05, 3.63) is 64.7 Å². The standard InChI is InChI=1S/C19H22N4O3/c24-19(21-15-6-2-1-3-7-15)14-22-12-10-16(11-13-22)20-17-8-4-5-9-18(17)23(25)26/h1-9,16,20H,10-14H2,(H,21,24). The monoisotopic (exact) mass is 354 g/mol. The van der Waals surface area contributed by atoms with E-state index in [1.807, 2.05) is 30.3 Å². The van der Waals surface area contributed by atoms with Crippen LogP contribution in [0.25, 0.3) is 0 Å². The van der Waals surface area contributed by atoms with Crippen LogP contribution in [0.2, 0.25) is 0 Å². The predicted octanol–water partition coefficient (Wildman–Crippen LogP) is 3.11. The zero-order valence-corrected chi connectivity index (χ0v) is 14.4. The molecule has 7 heteroatoms. The molecule has 1 aliphatic rings. The highest BCUT2D eigenvalue weighted by atomic mass is 16.6. The Hall–Kier alpha value is -2.93. The first-order valence-corrected chi connectivity index (χ1v) is 8.69. The van der Waals surface area contributed by atoms with Gasteiger partial charge < -0.3 is 10.6 Å². The van der Waals surface area contributed by atoms with Crippen molar-refractivity contribution in [1.82, 2.24) is 4.90 Å². The molecule has 0 unspecified atom stereocenters. The maximum Gasteiger partial charge on any atom is 0.292 e. The SMILES string of the molecule is O=C(CN1CCC(Nc2ccccc2[N+](=O)[O-])CC1)Nc1ccccc1. The summed E-state index contributed by atoms with van der Waals surface area (Å²) in [6.07, 6.45) is 1.68. The number of nitrogens with zero attached hydrogens (tertiary/aromatic N) is 2. The summed E-state index contributed by atoms with van der Waals surface area (Å²) in [5.41, 5.74) is 1.44. The van der Waals surface area contributed by atoms with Gasteiger partial charge in [0.25, 0.3) is 5.69 Å². The highest BCUT2D eigenvalue weighted by molar-refractivity contribution is 5.92. The summed E-state index contributed by atoms with van der Waals surface area (Å²) in [5, 5.41) is 17.3. The van der Waals surface area contributed by atoms with Gasteiger partial charge in [-0.25, -0.2) is 0 Å². The topological polar surface area (TPSA) is 87.5 Å². The van der Waals surface area contributed by atoms with E-state index < -0.39 is 0 Å². The summed E-state index contributed by atoms with van der Waals surface area (Å²) in [6.45, 7) is 1.91. The number of benzene rings is 2. The molecule has 3 rings (SSSR count). The third-order valence-corrected chi connectivity index (χ3v) is 4.47. The molecular formula is C19H22N4O3. The van der Waals surface area contributed by atoms with Gasteiger partial charge in [0, 0.05) is 30.9 Å². The number of rotatable bonds is 6. The van der Waals surface area contributed by atoms with Crippen molar-refractivity contribution in [1.29, 1.82) is 0 Å². The molecule has 0 radical (unpaired) electrons. The van der Waals surface area contributed by atoms with Crippen LogP contribution in [0.3, 0.4) is 0 Å². The molecular weight excluding hydrogens is 332 g/mol. The molecule has 0 spiro atoms. The first-order valence-electron chi connectivity index (χ1n) is 8.69. The number of para-hydroxylation sites is 3. The van der Waals surface area contributed by atoms with Crippen LogP contribution in [0.15, 0.2) is 54.6 Å². The summed E-state index contributed by atoms with van der Waals surface area (Å²) in [4.78, 5) is 25.0. The highest BCUT2D eigenvalue weighted by Crippen LogP contribution is 2.26. The Morgan fingerprint density at radius 1 is 1.08 bits per heavy atom. The number of nitro groups is 1. The van der Waals surface area contributed by atoms with Gasteiger partial charge >= 0.3 is 0 Å². The lowest BCUT2D eigenvalue weighted by Crippen LogP contribution is -2.42. The smallest absolute Gasteiger partial charge is 0.292 e. The van der Waals surface area contributed by atoms with E-state index in [4.69, 9.17) is 0 Å². The van der Waals surface area contributed by atoms with Gasteiger partial charge in [0.1, 0.15) is 5.69 Å². The van der Waals surface area contributed by atoms with Crippen molar-refractivity contribution in [2.45, 2.75) is 18.9 Å². The highest BCUT2D eigenvalue weighted by Gasteiger charge is 2.23. The second-order valence-electron chi connectivity index (χ2n) is 6.38. The quantitative estimate of drug-likeness (QED) is 0.615. The number of likely N-dealkylation sites (tertiary alicyclic amines) is 1. The molecule has 136 valence electrons. The number of nitro benzene ring substituents is 1. The van der Waals surface area contributed by atoms with E-state index in [9.17, 15) is 14.9 Å². The first kappa shape index (κ1) is 17.9. The third kappa shape index (κ3) is 4.80. The van der Waals surface area contributed by atoms with Crippen molar-refractivity contribution in [3.8, 4) is 0 Å². The largest absolute Gasteiger partial charge is 0.377 e. The van der Waals surface area contributed by atoms with Gasteiger partial charge in [0.05, 0.1) is 11.5 Å². The maximum atomic E-state index is 12.1. The van der Waals surface area contributed by atoms with Crippen molar-refractivity contribution >= 4 is 23.0 Å². The van der Waals surface area contributed by atoms with Crippen molar-refractivity contribution in [3.63, 3.8) is 0 Å². The Balaban J connectivity index is 1.47. The summed E-state index contributed by atoms with van der Waals surface area (Å²) in [5.74, 6) is -0.0266. The minimum absolute atomic E-state index is 0.0266. The van der Waals surface area contributed by atoms with Crippen molar-refractivity contribution in [2.75, 3.05) is 30.3 Å². The number of nitrogens with one attached hydrogen (secondary N) is 2. The van der Waals surface area contributed by atoms with Gasteiger partial charge in [-0.15, -0.1) is 0 Å². The number of carbonyl (C=O) groups excluding carboxylic acids is 1. The fraction of sp³-hybridized carbons (Fsp3) is 0.316. The number of hydrogen-bond donors (Lipinski definition) is 2. The normalized spacial score (nSPS) is 15.4. The average Bonchev–Trinajstić information content (AvgIpc) is 2.64. The van der Waals surface area contributed by atoms with E-state index in [0.29, 0.717) is 12.2 Å². The second kappa shape index (κ2) is 8.44. The second-order valence-corrected chi connectivity index (χ2v) is 6.38. The van der Waals surface area contributed by atoms with E-state index in [0.717, 1.165) is 31.6 Å². The molecule has 2 aromatic rings. The van der Waals surface area contributed by atoms with Crippen LogP contribution >= 0.6 is 0 Å². The van der Waals surface area contributed by atoms with Crippen LogP contribution in [-0.2, 0) is 4.79 Å². The molecule has 1 amide bonds. The van der Waals surface area contributed by atoms with Crippen LogP contribution in [-0.4, -0.2) is 41.4 Å². The van der Waals surface area contributed by atoms with Gasteiger partial charge in [0.2, 0.25) is 5.91 Å². The van der Waals surface area contributed by atoms with E-state index in [-0.39, 0.29) is 22.6 Å². The molecule has 0 atom stereocenters. The minimum Gasteiger partial charge on any atom is -0.377 e. The van der Waals surface area contributed by atoms with Gasteiger partial charge in [-0.2, -0.15) is 0 Å². The Labute approximate surface area is 152 Å². The molecule has 1 aliphatic heterocycles. The fourth-order valence-electron chi connectivity index (χ4n) is 3.14. The van der Waals surface area contributed by atoms with E-state index in [2.05, 4.69) is 15.5 Å². The summed E-state index contributed by atoms with van der Waals surface area (Å²) >= 11 is 0. The lowest BCUT2D eigenvalue weighted by molar-refractivity contribution is -0.384. The van der Waals surface area contributed by atoms with Crippen LogP contribution in [0.1, 0.15) is 12.8 Å². The summed E-state index contributed by atoms with van der Waals surface area (Å²) in [7, 11) is 0. The Bertz CT molecular complexity index is 758. The first-order chi connectivity index (χ1) is 12.6. The van der Waals surface area contributed by atoms with E-state index in [1.165, 1.54) is 6.07 Å². The van der Waals surface area contributed by atoms with Crippen LogP contribution in [0, 0.1) is 10.1 Å². The van der Waals surface area contributed by atoms with Crippen LogP contribution in [0.4, 0.5) is 17.1 Å². The number of carbonyl (C=O) groups is 1. The van der Waals surface area contributed by atoms with Crippen molar-refractivity contribution in [2.24, 2.45) is 0 Å². The fourth-order valence-corrected chi connectivity index (χ4v) is 3.14. The minimum atomic E-state index is -0.370. The Kier molecular flexibility index (Phi) is 5.80. The van der Waals surface area contributed by atoms with Crippen molar-refractivity contribution < 1.29 is 9.72 Å². The molecule has 0 aliphatic carbocycles. The zero-order chi connectivity index (χ0) is 18.4. The van der Waals surface area contributed by atoms with Crippen LogP contribution < -0.4 is 10.6 Å². The summed E-state index contributed by atoms with van der Waals surface area (Å²) < 4.78 is 0. The Morgan fingerprint density at radius 3 is 2.42 bits per heavy atom. The number of hydrogen-bond acceptors (Lipinski definition) is 5. The summed E-state index contributed by atoms with van der Waals surface area (Å²) in [6, 6.07) is 16.3. The molecule has 0 aromatic heterocycles. The van der Waals surface area contributed by atoms with Gasteiger partial charge in [-0.3, -0.25) is 19.8 Å². The van der Waals surface area contributed by atoms with Gasteiger partial charge in [-0.1, -0.05) is 30.3 Å². The lowest BCUT2D eigenvalue weighted by atomic mass is 10.0. The van der Waals surface area contributed by atoms with Crippen LogP contribution in [0.5, 0.6) is 0 Å². The molecule has 2 aromatic carbocycles. The molecule has 1 fully saturated rings. The predicted molar refractivity (Wildman–Crippen MR) is 101 cm³/mol. The molecule has 0 saturated carbocycles. The molecule has 0 bridgehead atoms. The van der Waals surface area contributed by atoms with Gasteiger partial charge in [-0.05, 0) is 31.0 Å². The van der Waals surface area contributed by atoms with E-state index >= 15 is 0 Å². The number of amides is 1. The van der Waals surface area contributed by atoms with Gasteiger partial charge in [0.15, 0.2) is 0 Å². The molecule has 26 heavy (non-hydrogen) atoms. The molecule has 7 nitrogen and oxygen atoms in total. The average molecular weight is 354 g/mol. The number of piperidine rings is 1. The Morgan fingerprint density at radius 2 is 1.73 bits per heavy atom. The third-order valence-electron chi connectivity index (χ3n) is 4.47. The molecule has 1 saturated heterocycles. The molecule has 1 heterocycles. The lowest BCUT2D eigenvalue weighted by Gasteiger charge is -2.32. The zero-order valence-electron chi connectivity index (χ0n) is 14.4. The molecule has 2 N–H and O–H groups in total. The maximum absolute atomic E-state index is 12.1.